The molecule has 0 aromatic rings. The minimum absolute atomic E-state index is 0.0164. The zero-order chi connectivity index (χ0) is 16.7. The molecule has 2 amide bonds. The van der Waals surface area contributed by atoms with E-state index in [4.69, 9.17) is 0 Å². The van der Waals surface area contributed by atoms with Crippen molar-refractivity contribution in [3.63, 3.8) is 0 Å². The summed E-state index contributed by atoms with van der Waals surface area (Å²) in [5.74, 6) is 0.892. The minimum Gasteiger partial charge on any atom is -0.352 e. The second kappa shape index (κ2) is 9.26. The molecule has 1 unspecified atom stereocenters. The number of hydrogen-bond acceptors (Lipinski definition) is 3. The highest BCUT2D eigenvalue weighted by Crippen LogP contribution is 2.25. The molecule has 1 heterocycles. The van der Waals surface area contributed by atoms with Gasteiger partial charge in [-0.2, -0.15) is 0 Å². The molecule has 2 rings (SSSR count). The summed E-state index contributed by atoms with van der Waals surface area (Å²) in [6.45, 7) is 3.34. The maximum atomic E-state index is 12.0. The summed E-state index contributed by atoms with van der Waals surface area (Å²) in [6, 6.07) is 0.259. The number of hydrogen-bond donors (Lipinski definition) is 1. The lowest BCUT2D eigenvalue weighted by atomic mass is 9.88. The lowest BCUT2D eigenvalue weighted by Gasteiger charge is -2.36. The number of nitrogens with zero attached hydrogens (tertiary/aromatic N) is 2. The van der Waals surface area contributed by atoms with E-state index in [1.807, 2.05) is 0 Å². The van der Waals surface area contributed by atoms with E-state index >= 15 is 0 Å². The third kappa shape index (κ3) is 6.50. The Labute approximate surface area is 140 Å². The van der Waals surface area contributed by atoms with Crippen molar-refractivity contribution in [2.24, 2.45) is 5.92 Å². The van der Waals surface area contributed by atoms with Crippen LogP contribution in [0.1, 0.15) is 57.8 Å². The summed E-state index contributed by atoms with van der Waals surface area (Å²) in [7, 11) is 3.45. The van der Waals surface area contributed by atoms with Gasteiger partial charge in [-0.05, 0) is 38.1 Å². The van der Waals surface area contributed by atoms with Crippen molar-refractivity contribution < 1.29 is 9.59 Å². The van der Waals surface area contributed by atoms with Gasteiger partial charge >= 0.3 is 0 Å². The number of amides is 2. The molecule has 2 aliphatic rings. The fourth-order valence-electron chi connectivity index (χ4n) is 3.82. The Morgan fingerprint density at radius 3 is 2.48 bits per heavy atom. The fourth-order valence-corrected chi connectivity index (χ4v) is 3.82. The van der Waals surface area contributed by atoms with E-state index in [1.165, 1.54) is 45.2 Å². The monoisotopic (exact) mass is 323 g/mol. The second-order valence-corrected chi connectivity index (χ2v) is 7.46. The van der Waals surface area contributed by atoms with Crippen LogP contribution in [0.5, 0.6) is 0 Å². The first-order valence-electron chi connectivity index (χ1n) is 9.26. The van der Waals surface area contributed by atoms with Crippen LogP contribution in [0.15, 0.2) is 0 Å². The molecule has 23 heavy (non-hydrogen) atoms. The molecule has 0 spiro atoms. The van der Waals surface area contributed by atoms with Crippen molar-refractivity contribution in [1.82, 2.24) is 15.1 Å². The molecule has 1 aliphatic carbocycles. The van der Waals surface area contributed by atoms with Crippen molar-refractivity contribution >= 4 is 11.8 Å². The van der Waals surface area contributed by atoms with Crippen LogP contribution in [0.25, 0.3) is 0 Å². The molecule has 5 heteroatoms. The average Bonchev–Trinajstić information content (AvgIpc) is 2.53. The molecular formula is C18H33N3O2. The van der Waals surface area contributed by atoms with Gasteiger partial charge in [0.05, 0.1) is 0 Å². The van der Waals surface area contributed by atoms with E-state index in [0.29, 0.717) is 12.8 Å². The topological polar surface area (TPSA) is 52.7 Å². The number of rotatable bonds is 6. The first-order valence-corrected chi connectivity index (χ1v) is 9.26. The van der Waals surface area contributed by atoms with Crippen molar-refractivity contribution in [3.8, 4) is 0 Å². The Bertz CT molecular complexity index is 392. The molecule has 1 saturated carbocycles. The van der Waals surface area contributed by atoms with Gasteiger partial charge in [0, 0.05) is 46.1 Å². The first-order chi connectivity index (χ1) is 11.0. The smallest absolute Gasteiger partial charge is 0.222 e. The number of piperidine rings is 1. The highest BCUT2D eigenvalue weighted by atomic mass is 16.2. The molecule has 1 N–H and O–H groups in total. The third-order valence-corrected chi connectivity index (χ3v) is 5.18. The van der Waals surface area contributed by atoms with Gasteiger partial charge in [-0.3, -0.25) is 9.59 Å². The van der Waals surface area contributed by atoms with Crippen molar-refractivity contribution in [2.45, 2.75) is 63.8 Å². The lowest BCUT2D eigenvalue weighted by molar-refractivity contribution is -0.131. The molecule has 132 valence electrons. The quantitative estimate of drug-likeness (QED) is 0.813. The molecule has 0 aromatic carbocycles. The molecule has 2 fully saturated rings. The predicted octanol–water partition coefficient (Wildman–Crippen LogP) is 2.02. The molecule has 5 nitrogen and oxygen atoms in total. The Kier molecular flexibility index (Phi) is 7.34. The van der Waals surface area contributed by atoms with E-state index < -0.39 is 0 Å². The van der Waals surface area contributed by atoms with E-state index in [0.717, 1.165) is 25.3 Å². The van der Waals surface area contributed by atoms with Gasteiger partial charge in [-0.15, -0.1) is 0 Å². The van der Waals surface area contributed by atoms with Crippen molar-refractivity contribution in [2.75, 3.05) is 33.7 Å². The SMILES string of the molecule is CN(C)C(=O)CCC(=O)NC1CCCN(CC2CCCCC2)C1. The molecule has 0 aromatic heterocycles. The van der Waals surface area contributed by atoms with Crippen LogP contribution in [0.3, 0.4) is 0 Å². The Morgan fingerprint density at radius 1 is 1.04 bits per heavy atom. The van der Waals surface area contributed by atoms with E-state index in [-0.39, 0.29) is 17.9 Å². The number of nitrogens with one attached hydrogen (secondary N) is 1. The third-order valence-electron chi connectivity index (χ3n) is 5.18. The first kappa shape index (κ1) is 18.2. The second-order valence-electron chi connectivity index (χ2n) is 7.46. The molecule has 1 atom stereocenters. The summed E-state index contributed by atoms with van der Waals surface area (Å²) in [4.78, 5) is 27.7. The Balaban J connectivity index is 1.68. The van der Waals surface area contributed by atoms with Crippen LogP contribution in [0, 0.1) is 5.92 Å². The van der Waals surface area contributed by atoms with Gasteiger partial charge in [0.2, 0.25) is 11.8 Å². The molecule has 1 saturated heterocycles. The molecule has 0 radical (unpaired) electrons. The van der Waals surface area contributed by atoms with Crippen LogP contribution in [0.2, 0.25) is 0 Å². The van der Waals surface area contributed by atoms with Crippen molar-refractivity contribution in [1.29, 1.82) is 0 Å². The van der Waals surface area contributed by atoms with Gasteiger partial charge in [0.15, 0.2) is 0 Å². The van der Waals surface area contributed by atoms with E-state index in [1.54, 1.807) is 19.0 Å². The van der Waals surface area contributed by atoms with E-state index in [9.17, 15) is 9.59 Å². The maximum absolute atomic E-state index is 12.0. The zero-order valence-electron chi connectivity index (χ0n) is 14.9. The summed E-state index contributed by atoms with van der Waals surface area (Å²) in [6.07, 6.45) is 9.76. The number of carbonyl (C=O) groups excluding carboxylic acids is 2. The number of carbonyl (C=O) groups is 2. The van der Waals surface area contributed by atoms with Gasteiger partial charge in [0.1, 0.15) is 0 Å². The van der Waals surface area contributed by atoms with Crippen LogP contribution < -0.4 is 5.32 Å². The maximum Gasteiger partial charge on any atom is 0.222 e. The number of likely N-dealkylation sites (tertiary alicyclic amines) is 1. The largest absolute Gasteiger partial charge is 0.352 e. The van der Waals surface area contributed by atoms with Gasteiger partial charge < -0.3 is 15.1 Å². The normalized spacial score (nSPS) is 23.5. The molecule has 0 bridgehead atoms. The van der Waals surface area contributed by atoms with E-state index in [2.05, 4.69) is 10.2 Å². The van der Waals surface area contributed by atoms with Gasteiger partial charge in [0.25, 0.3) is 0 Å². The standard InChI is InChI=1S/C18H33N3O2/c1-20(2)18(23)11-10-17(22)19-16-9-6-12-21(14-16)13-15-7-4-3-5-8-15/h15-16H,3-14H2,1-2H3,(H,19,22). The summed E-state index contributed by atoms with van der Waals surface area (Å²) in [5.41, 5.74) is 0. The molecule has 1 aliphatic heterocycles. The van der Waals surface area contributed by atoms with Gasteiger partial charge in [-0.1, -0.05) is 19.3 Å². The van der Waals surface area contributed by atoms with Crippen LogP contribution in [-0.4, -0.2) is 61.4 Å². The van der Waals surface area contributed by atoms with Crippen molar-refractivity contribution in [3.05, 3.63) is 0 Å². The summed E-state index contributed by atoms with van der Waals surface area (Å²) in [5, 5.41) is 3.13. The molecular weight excluding hydrogens is 290 g/mol. The highest BCUT2D eigenvalue weighted by molar-refractivity contribution is 5.83. The zero-order valence-corrected chi connectivity index (χ0v) is 14.9. The average molecular weight is 323 g/mol. The Hall–Kier alpha value is -1.10. The lowest BCUT2D eigenvalue weighted by Crippen LogP contribution is -2.49. The summed E-state index contributed by atoms with van der Waals surface area (Å²) < 4.78 is 0. The summed E-state index contributed by atoms with van der Waals surface area (Å²) >= 11 is 0. The van der Waals surface area contributed by atoms with Crippen LogP contribution in [-0.2, 0) is 9.59 Å². The highest BCUT2D eigenvalue weighted by Gasteiger charge is 2.24. The Morgan fingerprint density at radius 2 is 1.78 bits per heavy atom. The van der Waals surface area contributed by atoms with Crippen LogP contribution in [0.4, 0.5) is 0 Å². The van der Waals surface area contributed by atoms with Gasteiger partial charge in [-0.25, -0.2) is 0 Å². The fraction of sp³-hybridized carbons (Fsp3) is 0.889. The van der Waals surface area contributed by atoms with Crippen LogP contribution >= 0.6 is 0 Å². The predicted molar refractivity (Wildman–Crippen MR) is 92.1 cm³/mol. The minimum atomic E-state index is 0.0164.